The van der Waals surface area contributed by atoms with Crippen LogP contribution in [-0.2, 0) is 42.1 Å². The average Bonchev–Trinajstić information content (AvgIpc) is 2.35. The van der Waals surface area contributed by atoms with Crippen molar-refractivity contribution in [3.8, 4) is 0 Å². The van der Waals surface area contributed by atoms with Crippen LogP contribution < -0.4 is 0 Å². The molecule has 0 N–H and O–H groups in total. The van der Waals surface area contributed by atoms with Gasteiger partial charge in [0.2, 0.25) is 0 Å². The normalized spacial score (nSPS) is 9.56. The maximum Gasteiger partial charge on any atom is 0 e. The van der Waals surface area contributed by atoms with Gasteiger partial charge >= 0.3 is 0 Å². The molecule has 0 spiro atoms. The van der Waals surface area contributed by atoms with Crippen LogP contribution in [0.25, 0.3) is 10.8 Å². The quantitative estimate of drug-likeness (QED) is 0.247. The fourth-order valence-electron chi connectivity index (χ4n) is 3.36. The molecule has 0 heterocycles. The number of rotatable bonds is 0. The molecule has 0 fully saturated rings. The summed E-state index contributed by atoms with van der Waals surface area (Å²) < 4.78 is 0. The Bertz CT molecular complexity index is 755. The summed E-state index contributed by atoms with van der Waals surface area (Å²) in [7, 11) is 0. The molecule has 3 aromatic carbocycles. The Morgan fingerprint density at radius 1 is 0.560 bits per heavy atom. The maximum atomic E-state index is 3.37. The zero-order valence-corrected chi connectivity index (χ0v) is 22.1. The van der Waals surface area contributed by atoms with E-state index in [1.54, 1.807) is 0 Å². The molecule has 0 aliphatic carbocycles. The van der Waals surface area contributed by atoms with Gasteiger partial charge in [0, 0.05) is 42.1 Å². The van der Waals surface area contributed by atoms with E-state index in [0.29, 0.717) is 0 Å². The Morgan fingerprint density at radius 3 is 1.56 bits per heavy atom. The summed E-state index contributed by atoms with van der Waals surface area (Å²) in [5.41, 5.74) is 8.95. The first kappa shape index (κ1) is 24.3. The molecule has 3 rings (SSSR count). The van der Waals surface area contributed by atoms with Crippen LogP contribution in [0.5, 0.6) is 0 Å². The monoisotopic (exact) mass is 670 g/mol. The molecule has 0 nitrogen and oxygen atoms in total. The molecule has 0 unspecified atom stereocenters. The van der Waals surface area contributed by atoms with Crippen LogP contribution in [0.3, 0.4) is 0 Å². The van der Waals surface area contributed by atoms with Gasteiger partial charge in [0.1, 0.15) is 0 Å². The summed E-state index contributed by atoms with van der Waals surface area (Å²) in [5, 5.41) is 2.71. The third-order valence-electron chi connectivity index (χ3n) is 3.92. The van der Waals surface area contributed by atoms with Crippen LogP contribution >= 0.6 is 0 Å². The van der Waals surface area contributed by atoms with E-state index in [9.17, 15) is 0 Å². The molecule has 0 aliphatic heterocycles. The molecule has 132 valence electrons. The fourth-order valence-corrected chi connectivity index (χ4v) is 3.36. The Labute approximate surface area is 182 Å². The molecule has 2 heteroatoms. The maximum absolute atomic E-state index is 3.37. The Morgan fingerprint density at radius 2 is 1.04 bits per heavy atom. The molecule has 0 amide bonds. The molecule has 0 bridgehead atoms. The zero-order valence-electron chi connectivity index (χ0n) is 16.2. The van der Waals surface area contributed by atoms with E-state index in [0.717, 1.165) is 0 Å². The summed E-state index contributed by atoms with van der Waals surface area (Å²) in [4.78, 5) is 0. The third-order valence-corrected chi connectivity index (χ3v) is 3.92. The Balaban J connectivity index is 0.000000462. The second-order valence-corrected chi connectivity index (χ2v) is 6.65. The van der Waals surface area contributed by atoms with E-state index in [1.807, 2.05) is 0 Å². The topological polar surface area (TPSA) is 0 Å². The van der Waals surface area contributed by atoms with Crippen molar-refractivity contribution >= 4 is 10.8 Å². The largest absolute Gasteiger partial charge is 0.177 e. The number of hydrogen-bond acceptors (Lipinski definition) is 0. The first-order chi connectivity index (χ1) is 10.8. The second-order valence-electron chi connectivity index (χ2n) is 6.65. The Hall–Kier alpha value is -0.703. The number of benzene rings is 3. The molecule has 0 radical (unpaired) electrons. The molecule has 25 heavy (non-hydrogen) atoms. The molecule has 0 aromatic heterocycles. The van der Waals surface area contributed by atoms with Gasteiger partial charge in [-0.05, 0) is 6.92 Å². The van der Waals surface area contributed by atoms with Crippen LogP contribution in [-0.4, -0.2) is 0 Å². The van der Waals surface area contributed by atoms with Crippen molar-refractivity contribution in [3.63, 3.8) is 0 Å². The minimum absolute atomic E-state index is 0. The van der Waals surface area contributed by atoms with Crippen LogP contribution in [0.4, 0.5) is 0 Å². The van der Waals surface area contributed by atoms with Gasteiger partial charge in [-0.1, -0.05) is 64.8 Å². The van der Waals surface area contributed by atoms with E-state index < -0.39 is 0 Å². The van der Waals surface area contributed by atoms with Gasteiger partial charge in [0.15, 0.2) is 0 Å². The molecule has 0 saturated carbocycles. The van der Waals surface area contributed by atoms with Crippen LogP contribution in [0.2, 0.25) is 0 Å². The summed E-state index contributed by atoms with van der Waals surface area (Å²) in [5.74, 6) is 0. The van der Waals surface area contributed by atoms with Gasteiger partial charge in [-0.3, -0.25) is 0 Å². The number of hydrogen-bond donors (Lipinski definition) is 0. The summed E-state index contributed by atoms with van der Waals surface area (Å²) in [6, 6.07) is 17.5. The van der Waals surface area contributed by atoms with Crippen molar-refractivity contribution in [2.75, 3.05) is 0 Å². The van der Waals surface area contributed by atoms with E-state index in [2.05, 4.69) is 90.9 Å². The summed E-state index contributed by atoms with van der Waals surface area (Å²) >= 11 is 0. The average molecular weight is 670 g/mol. The van der Waals surface area contributed by atoms with Crippen molar-refractivity contribution in [3.05, 3.63) is 81.4 Å². The summed E-state index contributed by atoms with van der Waals surface area (Å²) in [6.07, 6.45) is 0. The minimum atomic E-state index is 0. The van der Waals surface area contributed by atoms with Crippen molar-refractivity contribution in [1.82, 2.24) is 0 Å². The number of aryl methyl sites for hydroxylation is 7. The Kier molecular flexibility index (Phi) is 10.2. The van der Waals surface area contributed by atoms with Crippen molar-refractivity contribution in [2.24, 2.45) is 0 Å². The standard InChI is InChI=1S/C14H15.C9H11.2W/c1-9-5-11(3)14-12(4)6-10(2)8-13(14)7-9;1-7-4-8(2)6-9(3)5-7;;/h5,7-8H,1-4H3;4-5H,1-3H3;;/q2*-1;;. The van der Waals surface area contributed by atoms with E-state index >= 15 is 0 Å². The minimum Gasteiger partial charge on any atom is -0.177 e. The van der Waals surface area contributed by atoms with Crippen molar-refractivity contribution in [2.45, 2.75) is 48.5 Å². The molecule has 0 saturated heterocycles. The molecule has 3 aromatic rings. The van der Waals surface area contributed by atoms with Gasteiger partial charge in [0.05, 0.1) is 0 Å². The summed E-state index contributed by atoms with van der Waals surface area (Å²) in [6.45, 7) is 14.8. The second kappa shape index (κ2) is 10.4. The molecular weight excluding hydrogens is 644 g/mol. The van der Waals surface area contributed by atoms with E-state index in [1.165, 1.54) is 49.7 Å². The SMILES string of the molecule is Cc1[c-]c(C)c2c(C)cc(C)cc2c1.Cc1[c-]c(C)cc(C)c1.[W].[W]. The third kappa shape index (κ3) is 6.84. The predicted octanol–water partition coefficient (Wildman–Crippen LogP) is 6.28. The van der Waals surface area contributed by atoms with Crippen molar-refractivity contribution < 1.29 is 42.1 Å². The fraction of sp³-hybridized carbons (Fsp3) is 0.304. The van der Waals surface area contributed by atoms with Gasteiger partial charge in [-0.2, -0.15) is 58.1 Å². The van der Waals surface area contributed by atoms with Crippen LogP contribution in [0, 0.1) is 60.6 Å². The van der Waals surface area contributed by atoms with E-state index in [-0.39, 0.29) is 42.1 Å². The smallest absolute Gasteiger partial charge is 0 e. The first-order valence-electron chi connectivity index (χ1n) is 8.14. The molecular formula is C23H26W2-2. The van der Waals surface area contributed by atoms with Gasteiger partial charge in [-0.25, -0.2) is 0 Å². The van der Waals surface area contributed by atoms with Crippen molar-refractivity contribution in [1.29, 1.82) is 0 Å². The van der Waals surface area contributed by atoms with Crippen LogP contribution in [0.15, 0.2) is 30.3 Å². The van der Waals surface area contributed by atoms with Gasteiger partial charge in [-0.15, -0.1) is 10.8 Å². The zero-order chi connectivity index (χ0) is 17.1. The molecule has 0 aliphatic rings. The van der Waals surface area contributed by atoms with Crippen LogP contribution in [0.1, 0.15) is 38.9 Å². The first-order valence-corrected chi connectivity index (χ1v) is 8.14. The molecule has 0 atom stereocenters. The predicted molar refractivity (Wildman–Crippen MR) is 101 cm³/mol. The van der Waals surface area contributed by atoms with Gasteiger partial charge < -0.3 is 0 Å². The van der Waals surface area contributed by atoms with E-state index in [4.69, 9.17) is 0 Å². The number of fused-ring (bicyclic) bond motifs is 1. The van der Waals surface area contributed by atoms with Gasteiger partial charge in [0.25, 0.3) is 0 Å².